The van der Waals surface area contributed by atoms with E-state index in [0.29, 0.717) is 23.7 Å². The predicted octanol–water partition coefficient (Wildman–Crippen LogP) is 5.01. The number of para-hydroxylation sites is 1. The van der Waals surface area contributed by atoms with Crippen molar-refractivity contribution >= 4 is 23.6 Å². The lowest BCUT2D eigenvalue weighted by molar-refractivity contribution is -0.112. The second kappa shape index (κ2) is 10.1. The first-order valence-electron chi connectivity index (χ1n) is 9.64. The van der Waals surface area contributed by atoms with E-state index in [1.54, 1.807) is 50.4 Å². The van der Waals surface area contributed by atoms with Crippen LogP contribution in [-0.4, -0.2) is 24.1 Å². The molecule has 3 aromatic carbocycles. The van der Waals surface area contributed by atoms with Crippen LogP contribution in [0, 0.1) is 0 Å². The van der Waals surface area contributed by atoms with Gasteiger partial charge in [-0.2, -0.15) is 0 Å². The SMILES string of the molecule is COc1cc(/C=C(\C)C(=O)Nc2ccccc2C(=O)O)ccc1OCc1ccccc1. The van der Waals surface area contributed by atoms with Crippen LogP contribution in [0.3, 0.4) is 0 Å². The third-order valence-corrected chi connectivity index (χ3v) is 4.57. The van der Waals surface area contributed by atoms with Gasteiger partial charge in [-0.3, -0.25) is 4.79 Å². The van der Waals surface area contributed by atoms with Crippen molar-refractivity contribution in [2.45, 2.75) is 13.5 Å². The fourth-order valence-electron chi connectivity index (χ4n) is 2.94. The summed E-state index contributed by atoms with van der Waals surface area (Å²) in [5.74, 6) is -0.347. The minimum atomic E-state index is -1.10. The van der Waals surface area contributed by atoms with Crippen molar-refractivity contribution in [1.29, 1.82) is 0 Å². The second-order valence-corrected chi connectivity index (χ2v) is 6.82. The van der Waals surface area contributed by atoms with Crippen LogP contribution < -0.4 is 14.8 Å². The zero-order valence-corrected chi connectivity index (χ0v) is 17.3. The van der Waals surface area contributed by atoms with Crippen LogP contribution in [0.15, 0.2) is 78.4 Å². The average molecular weight is 417 g/mol. The van der Waals surface area contributed by atoms with E-state index < -0.39 is 11.9 Å². The Morgan fingerprint density at radius 1 is 0.968 bits per heavy atom. The maximum absolute atomic E-state index is 12.5. The minimum absolute atomic E-state index is 0.0326. The van der Waals surface area contributed by atoms with Crippen molar-refractivity contribution < 1.29 is 24.2 Å². The molecule has 0 bridgehead atoms. The predicted molar refractivity (Wildman–Crippen MR) is 119 cm³/mol. The molecule has 0 unspecified atom stereocenters. The molecule has 0 aliphatic heterocycles. The second-order valence-electron chi connectivity index (χ2n) is 6.82. The molecule has 0 spiro atoms. The van der Waals surface area contributed by atoms with Gasteiger partial charge in [0.25, 0.3) is 5.91 Å². The number of aromatic carboxylic acids is 1. The molecule has 3 rings (SSSR count). The van der Waals surface area contributed by atoms with E-state index >= 15 is 0 Å². The number of carboxylic acid groups (broad SMARTS) is 1. The number of rotatable bonds is 8. The van der Waals surface area contributed by atoms with Gasteiger partial charge in [-0.15, -0.1) is 0 Å². The smallest absolute Gasteiger partial charge is 0.337 e. The third-order valence-electron chi connectivity index (χ3n) is 4.57. The summed E-state index contributed by atoms with van der Waals surface area (Å²) in [5.41, 5.74) is 2.49. The highest BCUT2D eigenvalue weighted by atomic mass is 16.5. The lowest BCUT2D eigenvalue weighted by Crippen LogP contribution is -2.15. The average Bonchev–Trinajstić information content (AvgIpc) is 2.79. The van der Waals surface area contributed by atoms with Crippen molar-refractivity contribution in [3.05, 3.63) is 95.1 Å². The highest BCUT2D eigenvalue weighted by Crippen LogP contribution is 2.30. The Kier molecular flexibility index (Phi) is 7.06. The lowest BCUT2D eigenvalue weighted by atomic mass is 10.1. The van der Waals surface area contributed by atoms with Gasteiger partial charge in [-0.25, -0.2) is 4.79 Å². The number of carbonyl (C=O) groups excluding carboxylic acids is 1. The van der Waals surface area contributed by atoms with Gasteiger partial charge >= 0.3 is 5.97 Å². The van der Waals surface area contributed by atoms with E-state index in [1.165, 1.54) is 6.07 Å². The van der Waals surface area contributed by atoms with Gasteiger partial charge in [0, 0.05) is 5.57 Å². The number of benzene rings is 3. The summed E-state index contributed by atoms with van der Waals surface area (Å²) in [6.07, 6.45) is 1.70. The van der Waals surface area contributed by atoms with Crippen molar-refractivity contribution in [2.24, 2.45) is 0 Å². The number of ether oxygens (including phenoxy) is 2. The van der Waals surface area contributed by atoms with E-state index in [2.05, 4.69) is 5.32 Å². The zero-order chi connectivity index (χ0) is 22.2. The molecule has 31 heavy (non-hydrogen) atoms. The van der Waals surface area contributed by atoms with Crippen LogP contribution in [-0.2, 0) is 11.4 Å². The molecular formula is C25H23NO5. The quantitative estimate of drug-likeness (QED) is 0.503. The summed E-state index contributed by atoms with van der Waals surface area (Å²) in [6.45, 7) is 2.07. The van der Waals surface area contributed by atoms with E-state index in [0.717, 1.165) is 11.1 Å². The van der Waals surface area contributed by atoms with Crippen LogP contribution in [0.5, 0.6) is 11.5 Å². The summed E-state index contributed by atoms with van der Waals surface area (Å²) in [4.78, 5) is 23.9. The van der Waals surface area contributed by atoms with Crippen LogP contribution in [0.1, 0.15) is 28.4 Å². The molecule has 0 fully saturated rings. The molecule has 0 heterocycles. The molecular weight excluding hydrogens is 394 g/mol. The number of methoxy groups -OCH3 is 1. The Balaban J connectivity index is 1.73. The molecule has 0 aliphatic rings. The number of amides is 1. The van der Waals surface area contributed by atoms with Gasteiger partial charge in [0.05, 0.1) is 18.4 Å². The van der Waals surface area contributed by atoms with Crippen LogP contribution in [0.4, 0.5) is 5.69 Å². The Hall–Kier alpha value is -4.06. The maximum Gasteiger partial charge on any atom is 0.337 e. The summed E-state index contributed by atoms with van der Waals surface area (Å²) in [5, 5.41) is 11.9. The topological polar surface area (TPSA) is 84.9 Å². The molecule has 0 radical (unpaired) electrons. The lowest BCUT2D eigenvalue weighted by Gasteiger charge is -2.12. The molecule has 2 N–H and O–H groups in total. The minimum Gasteiger partial charge on any atom is -0.493 e. The molecule has 1 amide bonds. The number of carbonyl (C=O) groups is 2. The highest BCUT2D eigenvalue weighted by Gasteiger charge is 2.13. The van der Waals surface area contributed by atoms with Crippen LogP contribution in [0.2, 0.25) is 0 Å². The molecule has 0 aromatic heterocycles. The molecule has 0 atom stereocenters. The summed E-state index contributed by atoms with van der Waals surface area (Å²) < 4.78 is 11.3. The highest BCUT2D eigenvalue weighted by molar-refractivity contribution is 6.09. The molecule has 0 saturated carbocycles. The molecule has 3 aromatic rings. The number of hydrogen-bond acceptors (Lipinski definition) is 4. The molecule has 0 aliphatic carbocycles. The Morgan fingerprint density at radius 3 is 2.39 bits per heavy atom. The Bertz CT molecular complexity index is 1110. The standard InChI is InChI=1S/C25H23NO5/c1-17(24(27)26-21-11-7-6-10-20(21)25(28)29)14-19-12-13-22(23(15-19)30-2)31-16-18-8-4-3-5-9-18/h3-15H,16H2,1-2H3,(H,26,27)(H,28,29)/b17-14+. The van der Waals surface area contributed by atoms with Gasteiger partial charge < -0.3 is 19.9 Å². The van der Waals surface area contributed by atoms with Crippen molar-refractivity contribution in [3.63, 3.8) is 0 Å². The first kappa shape index (κ1) is 21.6. The fourth-order valence-corrected chi connectivity index (χ4v) is 2.94. The van der Waals surface area contributed by atoms with Gasteiger partial charge in [0.1, 0.15) is 6.61 Å². The van der Waals surface area contributed by atoms with E-state index in [9.17, 15) is 14.7 Å². The van der Waals surface area contributed by atoms with Crippen molar-refractivity contribution in [1.82, 2.24) is 0 Å². The zero-order valence-electron chi connectivity index (χ0n) is 17.3. The molecule has 0 saturated heterocycles. The normalized spacial score (nSPS) is 11.0. The number of carboxylic acids is 1. The van der Waals surface area contributed by atoms with Crippen LogP contribution in [0.25, 0.3) is 6.08 Å². The third kappa shape index (κ3) is 5.73. The van der Waals surface area contributed by atoms with Crippen LogP contribution >= 0.6 is 0 Å². The number of anilines is 1. The van der Waals surface area contributed by atoms with Gasteiger partial charge in [-0.05, 0) is 48.4 Å². The molecule has 6 heteroatoms. The number of nitrogens with one attached hydrogen (secondary N) is 1. The van der Waals surface area contributed by atoms with Crippen molar-refractivity contribution in [2.75, 3.05) is 12.4 Å². The Morgan fingerprint density at radius 2 is 1.68 bits per heavy atom. The summed E-state index contributed by atoms with van der Waals surface area (Å²) >= 11 is 0. The molecule has 158 valence electrons. The van der Waals surface area contributed by atoms with Gasteiger partial charge in [-0.1, -0.05) is 48.5 Å². The largest absolute Gasteiger partial charge is 0.493 e. The maximum atomic E-state index is 12.5. The monoisotopic (exact) mass is 417 g/mol. The fraction of sp³-hybridized carbons (Fsp3) is 0.120. The Labute approximate surface area is 180 Å². The van der Waals surface area contributed by atoms with Crippen molar-refractivity contribution in [3.8, 4) is 11.5 Å². The van der Waals surface area contributed by atoms with Gasteiger partial charge in [0.2, 0.25) is 0 Å². The first-order chi connectivity index (χ1) is 15.0. The van der Waals surface area contributed by atoms with E-state index in [-0.39, 0.29) is 11.3 Å². The van der Waals surface area contributed by atoms with Gasteiger partial charge in [0.15, 0.2) is 11.5 Å². The van der Waals surface area contributed by atoms with E-state index in [1.807, 2.05) is 36.4 Å². The summed E-state index contributed by atoms with van der Waals surface area (Å²) in [6, 6.07) is 21.5. The summed E-state index contributed by atoms with van der Waals surface area (Å²) in [7, 11) is 1.56. The molecule has 6 nitrogen and oxygen atoms in total. The first-order valence-corrected chi connectivity index (χ1v) is 9.64. The van der Waals surface area contributed by atoms with E-state index in [4.69, 9.17) is 9.47 Å². The number of hydrogen-bond donors (Lipinski definition) is 2.